The normalized spacial score (nSPS) is 13.7. The molecule has 0 bridgehead atoms. The fourth-order valence-electron chi connectivity index (χ4n) is 4.41. The number of hydrogen-bond donors (Lipinski definition) is 0. The number of nitrogens with zero attached hydrogens (tertiary/aromatic N) is 4. The van der Waals surface area contributed by atoms with E-state index in [-0.39, 0.29) is 10.5 Å². The first-order chi connectivity index (χ1) is 16.3. The molecule has 0 radical (unpaired) electrons. The Balaban J connectivity index is 1.61. The molecule has 1 aliphatic rings. The Kier molecular flexibility index (Phi) is 5.36. The number of anilines is 1. The van der Waals surface area contributed by atoms with Crippen LogP contribution in [0.4, 0.5) is 5.69 Å². The summed E-state index contributed by atoms with van der Waals surface area (Å²) in [6.07, 6.45) is 1.62. The molecule has 0 aliphatic carbocycles. The Labute approximate surface area is 197 Å². The van der Waals surface area contributed by atoms with Crippen LogP contribution in [0.2, 0.25) is 0 Å². The number of hydrogen-bond acceptors (Lipinski definition) is 6. The van der Waals surface area contributed by atoms with Crippen LogP contribution in [0.5, 0.6) is 0 Å². The summed E-state index contributed by atoms with van der Waals surface area (Å²) < 4.78 is 35.5. The van der Waals surface area contributed by atoms with E-state index < -0.39 is 10.0 Å². The molecule has 0 fully saturated rings. The predicted octanol–water partition coefficient (Wildman–Crippen LogP) is 3.95. The molecule has 0 unspecified atom stereocenters. The number of aromatic nitrogens is 3. The molecule has 0 atom stereocenters. The number of benzene rings is 2. The van der Waals surface area contributed by atoms with Crippen LogP contribution in [-0.2, 0) is 16.4 Å². The molecular formula is C25H24N4O4S. The van der Waals surface area contributed by atoms with E-state index in [1.807, 2.05) is 30.3 Å². The van der Waals surface area contributed by atoms with E-state index in [1.165, 1.54) is 15.1 Å². The summed E-state index contributed by atoms with van der Waals surface area (Å²) >= 11 is 0. The Bertz CT molecular complexity index is 1550. The van der Waals surface area contributed by atoms with Gasteiger partial charge in [0.1, 0.15) is 11.4 Å². The van der Waals surface area contributed by atoms with Gasteiger partial charge in [-0.3, -0.25) is 9.10 Å². The van der Waals surface area contributed by atoms with Gasteiger partial charge in [-0.2, -0.15) is 9.78 Å². The van der Waals surface area contributed by atoms with E-state index in [0.717, 1.165) is 24.1 Å². The van der Waals surface area contributed by atoms with E-state index in [0.29, 0.717) is 40.5 Å². The largest absolute Gasteiger partial charge is 0.359 e. The number of para-hydroxylation sites is 1. The third kappa shape index (κ3) is 3.62. The molecule has 0 spiro atoms. The molecule has 0 saturated carbocycles. The van der Waals surface area contributed by atoms with Crippen molar-refractivity contribution in [3.05, 3.63) is 87.5 Å². The first kappa shape index (κ1) is 22.1. The van der Waals surface area contributed by atoms with Crippen LogP contribution in [-0.4, -0.2) is 29.9 Å². The van der Waals surface area contributed by atoms with Gasteiger partial charge < -0.3 is 4.52 Å². The molecule has 5 rings (SSSR count). The molecule has 2 aromatic carbocycles. The average Bonchev–Trinajstić information content (AvgIpc) is 3.17. The van der Waals surface area contributed by atoms with Crippen LogP contribution >= 0.6 is 0 Å². The zero-order valence-electron chi connectivity index (χ0n) is 19.1. The van der Waals surface area contributed by atoms with Crippen molar-refractivity contribution in [3.63, 3.8) is 0 Å². The van der Waals surface area contributed by atoms with E-state index >= 15 is 0 Å². The molecular weight excluding hydrogens is 452 g/mol. The summed E-state index contributed by atoms with van der Waals surface area (Å²) in [6.45, 7) is 5.66. The maximum Gasteiger partial charge on any atom is 0.271 e. The molecule has 0 N–H and O–H groups in total. The second kappa shape index (κ2) is 8.25. The van der Waals surface area contributed by atoms with Gasteiger partial charge in [-0.1, -0.05) is 35.5 Å². The molecule has 0 saturated heterocycles. The lowest BCUT2D eigenvalue weighted by Crippen LogP contribution is -2.35. The van der Waals surface area contributed by atoms with Crippen molar-refractivity contribution in [1.29, 1.82) is 0 Å². The van der Waals surface area contributed by atoms with Gasteiger partial charge in [0.05, 0.1) is 16.3 Å². The molecule has 9 heteroatoms. The van der Waals surface area contributed by atoms with E-state index in [1.54, 1.807) is 39.0 Å². The second-order valence-corrected chi connectivity index (χ2v) is 10.3. The number of aryl methyl sites for hydroxylation is 4. The first-order valence-electron chi connectivity index (χ1n) is 11.0. The second-order valence-electron chi connectivity index (χ2n) is 8.43. The van der Waals surface area contributed by atoms with Gasteiger partial charge in [0, 0.05) is 18.2 Å². The lowest BCUT2D eigenvalue weighted by molar-refractivity contribution is 0.392. The Morgan fingerprint density at radius 1 is 1.00 bits per heavy atom. The summed E-state index contributed by atoms with van der Waals surface area (Å²) in [4.78, 5) is 12.8. The van der Waals surface area contributed by atoms with Crippen LogP contribution in [0.25, 0.3) is 16.9 Å². The highest BCUT2D eigenvalue weighted by atomic mass is 32.2. The average molecular weight is 477 g/mol. The van der Waals surface area contributed by atoms with Crippen LogP contribution in [0, 0.1) is 20.8 Å². The van der Waals surface area contributed by atoms with Crippen molar-refractivity contribution < 1.29 is 12.9 Å². The van der Waals surface area contributed by atoms with E-state index in [2.05, 4.69) is 10.3 Å². The van der Waals surface area contributed by atoms with Crippen molar-refractivity contribution in [2.75, 3.05) is 10.8 Å². The molecule has 2 aromatic heterocycles. The lowest BCUT2D eigenvalue weighted by Gasteiger charge is -2.31. The number of sulfonamides is 1. The molecule has 3 heterocycles. The molecule has 174 valence electrons. The van der Waals surface area contributed by atoms with Crippen molar-refractivity contribution in [1.82, 2.24) is 14.9 Å². The third-order valence-corrected chi connectivity index (χ3v) is 8.08. The Hall–Kier alpha value is -3.72. The van der Waals surface area contributed by atoms with Gasteiger partial charge >= 0.3 is 0 Å². The summed E-state index contributed by atoms with van der Waals surface area (Å²) in [5.74, 6) is 0.472. The topological polar surface area (TPSA) is 98.3 Å². The quantitative estimate of drug-likeness (QED) is 0.442. The smallest absolute Gasteiger partial charge is 0.271 e. The van der Waals surface area contributed by atoms with Gasteiger partial charge in [0.2, 0.25) is 0 Å². The van der Waals surface area contributed by atoms with Gasteiger partial charge in [0.15, 0.2) is 5.76 Å². The minimum atomic E-state index is -3.80. The molecule has 8 nitrogen and oxygen atoms in total. The first-order valence-corrected chi connectivity index (χ1v) is 12.5. The summed E-state index contributed by atoms with van der Waals surface area (Å²) in [5, 5.41) is 8.41. The van der Waals surface area contributed by atoms with Gasteiger partial charge in [-0.15, -0.1) is 0 Å². The van der Waals surface area contributed by atoms with Crippen LogP contribution < -0.4 is 9.86 Å². The van der Waals surface area contributed by atoms with Crippen molar-refractivity contribution in [2.24, 2.45) is 0 Å². The maximum atomic E-state index is 13.8. The molecule has 34 heavy (non-hydrogen) atoms. The highest BCUT2D eigenvalue weighted by molar-refractivity contribution is 7.92. The Morgan fingerprint density at radius 3 is 2.56 bits per heavy atom. The summed E-state index contributed by atoms with van der Waals surface area (Å²) in [7, 11) is -3.80. The number of rotatable bonds is 4. The molecule has 1 aliphatic heterocycles. The zero-order chi connectivity index (χ0) is 24.0. The van der Waals surface area contributed by atoms with Gasteiger partial charge in [0.25, 0.3) is 15.6 Å². The van der Waals surface area contributed by atoms with E-state index in [4.69, 9.17) is 4.52 Å². The SMILES string of the molecule is Cc1ccc(-c2ccc(=O)n(-c3c(C)noc3C)n2)cc1S(=O)(=O)N1CCCc2ccccc21. The van der Waals surface area contributed by atoms with Crippen molar-refractivity contribution >= 4 is 15.7 Å². The van der Waals surface area contributed by atoms with Gasteiger partial charge in [-0.25, -0.2) is 8.42 Å². The monoisotopic (exact) mass is 476 g/mol. The fraction of sp³-hybridized carbons (Fsp3) is 0.240. The Morgan fingerprint density at radius 2 is 1.79 bits per heavy atom. The van der Waals surface area contributed by atoms with E-state index in [9.17, 15) is 13.2 Å². The zero-order valence-corrected chi connectivity index (χ0v) is 20.0. The van der Waals surface area contributed by atoms with Gasteiger partial charge in [-0.05, 0) is 62.9 Å². The minimum absolute atomic E-state index is 0.221. The maximum absolute atomic E-state index is 13.8. The highest BCUT2D eigenvalue weighted by Gasteiger charge is 2.30. The standard InChI is InChI=1S/C25H24N4O4S/c1-16-10-11-20(21-12-13-24(30)29(26-21)25-17(2)27-33-18(25)3)15-23(16)34(31,32)28-14-6-8-19-7-4-5-9-22(19)28/h4-5,7,9-13,15H,6,8,14H2,1-3H3. The van der Waals surface area contributed by atoms with Crippen molar-refractivity contribution in [3.8, 4) is 16.9 Å². The molecule has 4 aromatic rings. The third-order valence-electron chi connectivity index (χ3n) is 6.13. The minimum Gasteiger partial charge on any atom is -0.359 e. The highest BCUT2D eigenvalue weighted by Crippen LogP contribution is 2.34. The van der Waals surface area contributed by atoms with Crippen LogP contribution in [0.3, 0.4) is 0 Å². The summed E-state index contributed by atoms with van der Waals surface area (Å²) in [6, 6.07) is 15.8. The fourth-order valence-corrected chi connectivity index (χ4v) is 6.21. The number of fused-ring (bicyclic) bond motifs is 1. The predicted molar refractivity (Wildman–Crippen MR) is 129 cm³/mol. The van der Waals surface area contributed by atoms with Crippen molar-refractivity contribution in [2.45, 2.75) is 38.5 Å². The summed E-state index contributed by atoms with van der Waals surface area (Å²) in [5.41, 5.74) is 4.15. The molecule has 0 amide bonds. The lowest BCUT2D eigenvalue weighted by atomic mass is 10.0. The van der Waals surface area contributed by atoms with Crippen LogP contribution in [0.15, 0.2) is 68.8 Å². The van der Waals surface area contributed by atoms with Crippen LogP contribution in [0.1, 0.15) is 29.0 Å².